The summed E-state index contributed by atoms with van der Waals surface area (Å²) in [6.07, 6.45) is 20.9. The van der Waals surface area contributed by atoms with Crippen LogP contribution in [-0.4, -0.2) is 92.7 Å². The first kappa shape index (κ1) is 42.7. The molecule has 2 saturated heterocycles. The van der Waals surface area contributed by atoms with E-state index in [-0.39, 0.29) is 22.2 Å². The van der Waals surface area contributed by atoms with Gasteiger partial charge in [-0.05, 0) is 114 Å². The molecule has 2 aliphatic heterocycles. The van der Waals surface area contributed by atoms with Gasteiger partial charge in [0.15, 0.2) is 0 Å². The molecular formula is C42H82N8. The van der Waals surface area contributed by atoms with Crippen molar-refractivity contribution in [2.75, 3.05) is 48.8 Å². The van der Waals surface area contributed by atoms with E-state index in [1.54, 1.807) is 0 Å². The van der Waals surface area contributed by atoms with Gasteiger partial charge in [-0.3, -0.25) is 9.80 Å². The van der Waals surface area contributed by atoms with Gasteiger partial charge < -0.3 is 15.1 Å². The maximum atomic E-state index is 5.48. The Morgan fingerprint density at radius 2 is 0.860 bits per heavy atom. The quantitative estimate of drug-likeness (QED) is 0.127. The minimum Gasteiger partial charge on any atom is -0.354 e. The van der Waals surface area contributed by atoms with E-state index in [1.165, 1.54) is 51.4 Å². The number of hydrogen-bond acceptors (Lipinski definition) is 8. The van der Waals surface area contributed by atoms with Gasteiger partial charge in [-0.15, -0.1) is 0 Å². The van der Waals surface area contributed by atoms with E-state index >= 15 is 0 Å². The fraction of sp³-hybridized carbons (Fsp3) is 0.929. The molecule has 0 aromatic carbocycles. The van der Waals surface area contributed by atoms with Crippen LogP contribution in [0.4, 0.5) is 17.8 Å². The van der Waals surface area contributed by atoms with Crippen LogP contribution in [0.5, 0.6) is 0 Å². The Labute approximate surface area is 310 Å². The Bertz CT molecular complexity index is 1020. The molecule has 3 rings (SSSR count). The Hall–Kier alpha value is -1.67. The number of likely N-dealkylation sites (tertiary alicyclic amines) is 2. The Balaban J connectivity index is 1.97. The minimum absolute atomic E-state index is 0.0856. The molecule has 50 heavy (non-hydrogen) atoms. The predicted octanol–water partition coefficient (Wildman–Crippen LogP) is 10.3. The van der Waals surface area contributed by atoms with Crippen LogP contribution in [0.25, 0.3) is 0 Å². The molecule has 2 aliphatic rings. The van der Waals surface area contributed by atoms with Crippen molar-refractivity contribution >= 4 is 17.8 Å². The molecule has 0 atom stereocenters. The van der Waals surface area contributed by atoms with Crippen LogP contribution in [0.15, 0.2) is 0 Å². The molecule has 0 amide bonds. The number of piperidine rings is 2. The van der Waals surface area contributed by atoms with E-state index in [0.717, 1.165) is 95.3 Å². The third kappa shape index (κ3) is 11.7. The van der Waals surface area contributed by atoms with Crippen molar-refractivity contribution in [3.63, 3.8) is 0 Å². The standard InChI is InChI=1S/C42H82N8/c1-14-17-20-21-22-23-24-25-26-27-43-36-44-37(49(28-18-15-2)34-30-39(4,5)47(12)40(6,7)31-34)46-38(45-36)50(29-19-16-3)35-32-41(8,9)48(13)42(10,11)33-35/h34-35H,14-33H2,1-13H3,(H,43,44,45,46). The highest BCUT2D eigenvalue weighted by atomic mass is 15.4. The molecule has 0 saturated carbocycles. The molecule has 8 nitrogen and oxygen atoms in total. The Morgan fingerprint density at radius 3 is 1.22 bits per heavy atom. The number of nitrogens with zero attached hydrogens (tertiary/aromatic N) is 7. The molecule has 0 bridgehead atoms. The van der Waals surface area contributed by atoms with Crippen molar-refractivity contribution in [3.8, 4) is 0 Å². The van der Waals surface area contributed by atoms with E-state index < -0.39 is 0 Å². The Morgan fingerprint density at radius 1 is 0.520 bits per heavy atom. The minimum atomic E-state index is 0.0856. The van der Waals surface area contributed by atoms with E-state index in [0.29, 0.717) is 12.1 Å². The van der Waals surface area contributed by atoms with Crippen LogP contribution in [0.3, 0.4) is 0 Å². The van der Waals surface area contributed by atoms with E-state index in [1.807, 2.05) is 0 Å². The summed E-state index contributed by atoms with van der Waals surface area (Å²) in [5.74, 6) is 2.49. The summed E-state index contributed by atoms with van der Waals surface area (Å²) in [6.45, 7) is 29.0. The predicted molar refractivity (Wildman–Crippen MR) is 218 cm³/mol. The number of unbranched alkanes of at least 4 members (excludes halogenated alkanes) is 10. The van der Waals surface area contributed by atoms with E-state index in [9.17, 15) is 0 Å². The van der Waals surface area contributed by atoms with Crippen molar-refractivity contribution in [2.45, 2.75) is 220 Å². The first-order chi connectivity index (χ1) is 23.5. The highest BCUT2D eigenvalue weighted by Crippen LogP contribution is 2.42. The lowest BCUT2D eigenvalue weighted by Gasteiger charge is -2.56. The van der Waals surface area contributed by atoms with Crippen LogP contribution >= 0.6 is 0 Å². The topological polar surface area (TPSA) is 63.7 Å². The molecule has 1 N–H and O–H groups in total. The molecule has 0 unspecified atom stereocenters. The summed E-state index contributed by atoms with van der Waals surface area (Å²) in [6, 6.07) is 0.738. The number of hydrogen-bond donors (Lipinski definition) is 1. The number of aromatic nitrogens is 3. The third-order valence-corrected chi connectivity index (χ3v) is 12.6. The van der Waals surface area contributed by atoms with Crippen LogP contribution in [0.2, 0.25) is 0 Å². The fourth-order valence-electron chi connectivity index (χ4n) is 8.95. The summed E-state index contributed by atoms with van der Waals surface area (Å²) in [5.41, 5.74) is 0.342. The maximum absolute atomic E-state index is 5.48. The maximum Gasteiger partial charge on any atom is 0.232 e. The van der Waals surface area contributed by atoms with Crippen molar-refractivity contribution < 1.29 is 0 Å². The second-order valence-corrected chi connectivity index (χ2v) is 18.6. The third-order valence-electron chi connectivity index (χ3n) is 12.6. The van der Waals surface area contributed by atoms with Crippen molar-refractivity contribution in [3.05, 3.63) is 0 Å². The second-order valence-electron chi connectivity index (χ2n) is 18.6. The molecule has 290 valence electrons. The second kappa shape index (κ2) is 18.9. The highest BCUT2D eigenvalue weighted by molar-refractivity contribution is 5.47. The van der Waals surface area contributed by atoms with Gasteiger partial charge in [-0.2, -0.15) is 15.0 Å². The Kier molecular flexibility index (Phi) is 16.1. The van der Waals surface area contributed by atoms with Gasteiger partial charge >= 0.3 is 0 Å². The van der Waals surface area contributed by atoms with Crippen molar-refractivity contribution in [1.82, 2.24) is 24.8 Å². The van der Waals surface area contributed by atoms with Crippen molar-refractivity contribution in [1.29, 1.82) is 0 Å². The van der Waals surface area contributed by atoms with Crippen LogP contribution in [0, 0.1) is 0 Å². The zero-order valence-electron chi connectivity index (χ0n) is 35.4. The SMILES string of the molecule is CCCCCCCCCCCNc1nc(N(CCCC)C2CC(C)(C)N(C)C(C)(C)C2)nc(N(CCCC)C2CC(C)(C)N(C)C(C)(C)C2)n1. The average molecular weight is 699 g/mol. The van der Waals surface area contributed by atoms with Gasteiger partial charge in [0, 0.05) is 53.9 Å². The largest absolute Gasteiger partial charge is 0.354 e. The number of rotatable bonds is 21. The first-order valence-corrected chi connectivity index (χ1v) is 21.0. The van der Waals surface area contributed by atoms with Crippen LogP contribution in [0.1, 0.15) is 185 Å². The summed E-state index contributed by atoms with van der Waals surface area (Å²) in [7, 11) is 4.61. The summed E-state index contributed by atoms with van der Waals surface area (Å²) in [4.78, 5) is 26.4. The van der Waals surface area contributed by atoms with E-state index in [4.69, 9.17) is 15.0 Å². The molecule has 0 radical (unpaired) electrons. The lowest BCUT2D eigenvalue weighted by atomic mass is 9.77. The smallest absolute Gasteiger partial charge is 0.232 e. The van der Waals surface area contributed by atoms with Crippen LogP contribution in [-0.2, 0) is 0 Å². The van der Waals surface area contributed by atoms with Gasteiger partial charge in [-0.25, -0.2) is 0 Å². The summed E-state index contributed by atoms with van der Waals surface area (Å²) < 4.78 is 0. The van der Waals surface area contributed by atoms with Gasteiger partial charge in [0.05, 0.1) is 0 Å². The first-order valence-electron chi connectivity index (χ1n) is 21.0. The lowest BCUT2D eigenvalue weighted by molar-refractivity contribution is -0.0130. The van der Waals surface area contributed by atoms with E-state index in [2.05, 4.69) is 115 Å². The lowest BCUT2D eigenvalue weighted by Crippen LogP contribution is -2.63. The summed E-state index contributed by atoms with van der Waals surface area (Å²) in [5, 5.41) is 3.72. The van der Waals surface area contributed by atoms with Crippen LogP contribution < -0.4 is 15.1 Å². The molecule has 0 spiro atoms. The van der Waals surface area contributed by atoms with Gasteiger partial charge in [-0.1, -0.05) is 85.0 Å². The molecule has 1 aromatic heterocycles. The number of nitrogens with one attached hydrogen (secondary N) is 1. The average Bonchev–Trinajstić information content (AvgIpc) is 3.03. The molecule has 8 heteroatoms. The fourth-order valence-corrected chi connectivity index (χ4v) is 8.95. The summed E-state index contributed by atoms with van der Waals surface area (Å²) >= 11 is 0. The van der Waals surface area contributed by atoms with Gasteiger partial charge in [0.1, 0.15) is 0 Å². The van der Waals surface area contributed by atoms with Gasteiger partial charge in [0.25, 0.3) is 0 Å². The molecule has 1 aromatic rings. The number of anilines is 3. The van der Waals surface area contributed by atoms with Crippen molar-refractivity contribution in [2.24, 2.45) is 0 Å². The molecule has 2 fully saturated rings. The van der Waals surface area contributed by atoms with Gasteiger partial charge in [0.2, 0.25) is 17.8 Å². The normalized spacial score (nSPS) is 21.0. The molecule has 3 heterocycles. The zero-order chi connectivity index (χ0) is 37.2. The highest BCUT2D eigenvalue weighted by Gasteiger charge is 2.47. The monoisotopic (exact) mass is 699 g/mol. The molecular weight excluding hydrogens is 617 g/mol. The zero-order valence-corrected chi connectivity index (χ0v) is 35.4. The molecule has 0 aliphatic carbocycles.